The molecule has 0 aliphatic heterocycles. The van der Waals surface area contributed by atoms with Gasteiger partial charge in [-0.15, -0.1) is 0 Å². The zero-order valence-corrected chi connectivity index (χ0v) is 13.1. The van der Waals surface area contributed by atoms with Gasteiger partial charge in [-0.2, -0.15) is 0 Å². The van der Waals surface area contributed by atoms with Gasteiger partial charge in [0.15, 0.2) is 0 Å². The first-order valence-corrected chi connectivity index (χ1v) is 7.07. The van der Waals surface area contributed by atoms with Crippen molar-refractivity contribution in [1.82, 2.24) is 9.97 Å². The molecule has 2 heterocycles. The van der Waals surface area contributed by atoms with Gasteiger partial charge in [0.1, 0.15) is 11.6 Å². The maximum absolute atomic E-state index is 11.8. The maximum atomic E-state index is 11.8. The van der Waals surface area contributed by atoms with Crippen molar-refractivity contribution in [3.05, 3.63) is 29.0 Å². The van der Waals surface area contributed by atoms with Crippen molar-refractivity contribution in [3.63, 3.8) is 0 Å². The molecule has 0 aliphatic carbocycles. The summed E-state index contributed by atoms with van der Waals surface area (Å²) in [5, 5.41) is 3.20. The Morgan fingerprint density at radius 3 is 2.80 bits per heavy atom. The van der Waals surface area contributed by atoms with Crippen LogP contribution in [0.25, 0.3) is 11.0 Å². The second-order valence-corrected chi connectivity index (χ2v) is 5.68. The number of ether oxygens (including phenoxy) is 1. The van der Waals surface area contributed by atoms with E-state index in [1.807, 2.05) is 26.0 Å². The highest BCUT2D eigenvalue weighted by molar-refractivity contribution is 9.10. The van der Waals surface area contributed by atoms with E-state index in [4.69, 9.17) is 4.74 Å². The summed E-state index contributed by atoms with van der Waals surface area (Å²) in [5.41, 5.74) is 2.26. The number of carbonyl (C=O) groups is 1. The Kier molecular flexibility index (Phi) is 4.54. The molecule has 0 aliphatic rings. The van der Waals surface area contributed by atoms with Crippen molar-refractivity contribution in [3.8, 4) is 0 Å². The van der Waals surface area contributed by atoms with Crippen LogP contribution in [0.1, 0.15) is 13.8 Å². The van der Waals surface area contributed by atoms with E-state index in [-0.39, 0.29) is 11.9 Å². The molecule has 0 aromatic carbocycles. The van der Waals surface area contributed by atoms with Crippen molar-refractivity contribution in [2.24, 2.45) is 5.92 Å². The summed E-state index contributed by atoms with van der Waals surface area (Å²) in [6, 6.07) is 3.27. The lowest BCUT2D eigenvalue weighted by Gasteiger charge is -2.21. The Labute approximate surface area is 125 Å². The number of anilines is 1. The monoisotopic (exact) mass is 337 g/mol. The van der Waals surface area contributed by atoms with Crippen LogP contribution < -0.4 is 5.32 Å². The average Bonchev–Trinajstić information content (AvgIpc) is 2.43. The lowest BCUT2D eigenvalue weighted by molar-refractivity contribution is -0.142. The number of nitrogens with zero attached hydrogens (tertiary/aromatic N) is 2. The molecule has 1 atom stereocenters. The number of methoxy groups -OCH3 is 1. The molecule has 0 fully saturated rings. The largest absolute Gasteiger partial charge is 0.467 e. The fraction of sp³-hybridized carbons (Fsp3) is 0.357. The number of rotatable bonds is 4. The van der Waals surface area contributed by atoms with Gasteiger partial charge in [-0.1, -0.05) is 13.8 Å². The Balaban J connectivity index is 2.40. The molecule has 106 valence electrons. The van der Waals surface area contributed by atoms with E-state index in [9.17, 15) is 4.79 Å². The summed E-state index contributed by atoms with van der Waals surface area (Å²) in [6.45, 7) is 3.92. The van der Waals surface area contributed by atoms with Crippen LogP contribution in [0.2, 0.25) is 0 Å². The van der Waals surface area contributed by atoms with E-state index in [2.05, 4.69) is 31.2 Å². The highest BCUT2D eigenvalue weighted by Gasteiger charge is 2.23. The predicted octanol–water partition coefficient (Wildman–Crippen LogP) is 3.00. The maximum Gasteiger partial charge on any atom is 0.328 e. The molecule has 0 amide bonds. The molecule has 20 heavy (non-hydrogen) atoms. The van der Waals surface area contributed by atoms with Crippen molar-refractivity contribution >= 4 is 38.6 Å². The second kappa shape index (κ2) is 6.17. The Hall–Kier alpha value is -1.69. The van der Waals surface area contributed by atoms with Crippen LogP contribution in [0.5, 0.6) is 0 Å². The fourth-order valence-electron chi connectivity index (χ4n) is 1.91. The normalized spacial score (nSPS) is 12.4. The minimum absolute atomic E-state index is 0.0983. The Morgan fingerprint density at radius 2 is 2.15 bits per heavy atom. The van der Waals surface area contributed by atoms with Crippen molar-refractivity contribution in [1.29, 1.82) is 0 Å². The van der Waals surface area contributed by atoms with Crippen LogP contribution >= 0.6 is 15.9 Å². The molecule has 2 aromatic heterocycles. The molecule has 1 unspecified atom stereocenters. The topological polar surface area (TPSA) is 64.1 Å². The number of carbonyl (C=O) groups excluding carboxylic acids is 1. The van der Waals surface area contributed by atoms with Gasteiger partial charge in [-0.05, 0) is 34.0 Å². The summed E-state index contributed by atoms with van der Waals surface area (Å²) < 4.78 is 5.70. The van der Waals surface area contributed by atoms with Gasteiger partial charge in [-0.3, -0.25) is 9.97 Å². The third-order valence-electron chi connectivity index (χ3n) is 2.98. The number of hydrogen-bond donors (Lipinski definition) is 1. The van der Waals surface area contributed by atoms with Crippen LogP contribution in [0.15, 0.2) is 29.0 Å². The quantitative estimate of drug-likeness (QED) is 0.869. The van der Waals surface area contributed by atoms with E-state index >= 15 is 0 Å². The Bertz CT molecular complexity index is 631. The van der Waals surface area contributed by atoms with Crippen LogP contribution in [0.4, 0.5) is 5.69 Å². The summed E-state index contributed by atoms with van der Waals surface area (Å²) in [4.78, 5) is 20.4. The summed E-state index contributed by atoms with van der Waals surface area (Å²) in [7, 11) is 1.39. The standard InChI is InChI=1S/C14H16BrN3O2/c1-8(2)12(14(19)20-3)18-10-4-5-16-11-6-9(15)7-17-13(10)11/h4-8,12H,1-3H3,(H,16,18). The van der Waals surface area contributed by atoms with Gasteiger partial charge in [0.05, 0.1) is 18.3 Å². The van der Waals surface area contributed by atoms with Crippen molar-refractivity contribution < 1.29 is 9.53 Å². The van der Waals surface area contributed by atoms with E-state index in [1.54, 1.807) is 12.4 Å². The van der Waals surface area contributed by atoms with Crippen LogP contribution in [0, 0.1) is 5.92 Å². The smallest absolute Gasteiger partial charge is 0.328 e. The third kappa shape index (κ3) is 3.07. The number of pyridine rings is 2. The van der Waals surface area contributed by atoms with Gasteiger partial charge in [-0.25, -0.2) is 4.79 Å². The average molecular weight is 338 g/mol. The molecule has 2 rings (SSSR count). The molecule has 1 N–H and O–H groups in total. The highest BCUT2D eigenvalue weighted by atomic mass is 79.9. The fourth-order valence-corrected chi connectivity index (χ4v) is 2.23. The van der Waals surface area contributed by atoms with Gasteiger partial charge >= 0.3 is 5.97 Å². The third-order valence-corrected chi connectivity index (χ3v) is 3.41. The summed E-state index contributed by atoms with van der Waals surface area (Å²) in [5.74, 6) is -0.191. The molecule has 0 spiro atoms. The molecular formula is C14H16BrN3O2. The number of fused-ring (bicyclic) bond motifs is 1. The predicted molar refractivity (Wildman–Crippen MR) is 81.5 cm³/mol. The SMILES string of the molecule is COC(=O)C(Nc1ccnc2cc(Br)cnc12)C(C)C. The van der Waals surface area contributed by atoms with Gasteiger partial charge in [0.2, 0.25) is 0 Å². The molecule has 5 nitrogen and oxygen atoms in total. The van der Waals surface area contributed by atoms with E-state index in [0.29, 0.717) is 0 Å². The lowest BCUT2D eigenvalue weighted by Crippen LogP contribution is -2.35. The zero-order valence-electron chi connectivity index (χ0n) is 11.6. The van der Waals surface area contributed by atoms with Crippen LogP contribution in [-0.2, 0) is 9.53 Å². The zero-order chi connectivity index (χ0) is 14.7. The number of aromatic nitrogens is 2. The molecule has 0 radical (unpaired) electrons. The first-order valence-electron chi connectivity index (χ1n) is 6.27. The molecule has 6 heteroatoms. The minimum Gasteiger partial charge on any atom is -0.467 e. The van der Waals surface area contributed by atoms with E-state index in [1.165, 1.54) is 7.11 Å². The number of halogens is 1. The number of esters is 1. The Morgan fingerprint density at radius 1 is 1.40 bits per heavy atom. The highest BCUT2D eigenvalue weighted by Crippen LogP contribution is 2.23. The number of hydrogen-bond acceptors (Lipinski definition) is 5. The van der Waals surface area contributed by atoms with Gasteiger partial charge < -0.3 is 10.1 Å². The van der Waals surface area contributed by atoms with E-state index in [0.717, 1.165) is 21.2 Å². The first-order chi connectivity index (χ1) is 9.52. The number of nitrogens with one attached hydrogen (secondary N) is 1. The van der Waals surface area contributed by atoms with Gasteiger partial charge in [0, 0.05) is 16.9 Å². The van der Waals surface area contributed by atoms with Crippen LogP contribution in [-0.4, -0.2) is 29.1 Å². The molecule has 0 bridgehead atoms. The lowest BCUT2D eigenvalue weighted by atomic mass is 10.0. The van der Waals surface area contributed by atoms with Gasteiger partial charge in [0.25, 0.3) is 0 Å². The molecule has 0 saturated heterocycles. The van der Waals surface area contributed by atoms with Crippen molar-refractivity contribution in [2.45, 2.75) is 19.9 Å². The molecule has 2 aromatic rings. The molecule has 0 saturated carbocycles. The summed E-state index contributed by atoms with van der Waals surface area (Å²) in [6.07, 6.45) is 3.39. The second-order valence-electron chi connectivity index (χ2n) is 4.77. The van der Waals surface area contributed by atoms with Crippen LogP contribution in [0.3, 0.4) is 0 Å². The van der Waals surface area contributed by atoms with Crippen molar-refractivity contribution in [2.75, 3.05) is 12.4 Å². The molecular weight excluding hydrogens is 322 g/mol. The first kappa shape index (κ1) is 14.7. The van der Waals surface area contributed by atoms with E-state index < -0.39 is 6.04 Å². The summed E-state index contributed by atoms with van der Waals surface area (Å²) >= 11 is 3.37. The minimum atomic E-state index is -0.420.